The zero-order chi connectivity index (χ0) is 22.7. The average Bonchev–Trinajstić information content (AvgIpc) is 3.28. The molecule has 1 amide bonds. The van der Waals surface area contributed by atoms with Crippen molar-refractivity contribution in [1.29, 1.82) is 0 Å². The highest BCUT2D eigenvalue weighted by atomic mass is 19.1. The first-order chi connectivity index (χ1) is 15.4. The summed E-state index contributed by atoms with van der Waals surface area (Å²) in [5.74, 6) is -0.734. The fourth-order valence-electron chi connectivity index (χ4n) is 3.56. The molecule has 1 aromatic heterocycles. The third-order valence-corrected chi connectivity index (χ3v) is 5.24. The van der Waals surface area contributed by atoms with Crippen molar-refractivity contribution in [1.82, 2.24) is 9.78 Å². The van der Waals surface area contributed by atoms with Crippen LogP contribution >= 0.6 is 0 Å². The van der Waals surface area contributed by atoms with Crippen LogP contribution in [0.15, 0.2) is 53.3 Å². The van der Waals surface area contributed by atoms with Crippen LogP contribution in [0.4, 0.5) is 10.1 Å². The van der Waals surface area contributed by atoms with Gasteiger partial charge in [0.25, 0.3) is 5.91 Å². The van der Waals surface area contributed by atoms with Crippen molar-refractivity contribution in [2.45, 2.75) is 32.8 Å². The monoisotopic (exact) mass is 437 g/mol. The summed E-state index contributed by atoms with van der Waals surface area (Å²) in [6, 6.07) is 12.6. The van der Waals surface area contributed by atoms with Crippen LogP contribution in [-0.4, -0.2) is 35.0 Å². The molecule has 0 bridgehead atoms. The van der Waals surface area contributed by atoms with E-state index < -0.39 is 17.2 Å². The van der Waals surface area contributed by atoms with Crippen LogP contribution in [-0.2, 0) is 4.74 Å². The number of aryl methyl sites for hydroxylation is 2. The van der Waals surface area contributed by atoms with E-state index in [1.165, 1.54) is 22.9 Å². The van der Waals surface area contributed by atoms with Crippen LogP contribution in [0, 0.1) is 19.7 Å². The highest BCUT2D eigenvalue weighted by Gasteiger charge is 2.20. The molecule has 32 heavy (non-hydrogen) atoms. The predicted molar refractivity (Wildman–Crippen MR) is 118 cm³/mol. The SMILES string of the molecule is Cc1ccc(NC(=O)c2nn(-c3ccccc3F)c(C)cc2=O)c(OCC2CCCO2)c1. The molecule has 8 heteroatoms. The van der Waals surface area contributed by atoms with Gasteiger partial charge in [0.15, 0.2) is 5.69 Å². The summed E-state index contributed by atoms with van der Waals surface area (Å²) < 4.78 is 27.0. The second kappa shape index (κ2) is 9.32. The van der Waals surface area contributed by atoms with E-state index in [0.29, 0.717) is 23.7 Å². The van der Waals surface area contributed by atoms with Crippen LogP contribution < -0.4 is 15.5 Å². The number of nitrogens with one attached hydrogen (secondary N) is 1. The second-order valence-electron chi connectivity index (χ2n) is 7.76. The number of amides is 1. The molecule has 1 fully saturated rings. The molecular formula is C24H24FN3O4. The van der Waals surface area contributed by atoms with E-state index in [1.807, 2.05) is 19.1 Å². The Hall–Kier alpha value is -3.52. The number of hydrogen-bond donors (Lipinski definition) is 1. The first-order valence-corrected chi connectivity index (χ1v) is 10.4. The maximum absolute atomic E-state index is 14.3. The summed E-state index contributed by atoms with van der Waals surface area (Å²) in [5.41, 5.74) is 1.03. The standard InChI is InChI=1S/C24H24FN3O4/c1-15-9-10-19(22(12-15)32-14-17-6-5-11-31-17)26-24(30)23-21(29)13-16(2)28(27-23)20-8-4-3-7-18(20)25/h3-4,7-10,12-13,17H,5-6,11,14H2,1-2H3,(H,26,30). The van der Waals surface area contributed by atoms with Gasteiger partial charge in [-0.05, 0) is 56.5 Å². The van der Waals surface area contributed by atoms with Crippen molar-refractivity contribution in [2.24, 2.45) is 0 Å². The molecule has 3 aromatic rings. The normalized spacial score (nSPS) is 15.5. The molecule has 0 spiro atoms. The summed E-state index contributed by atoms with van der Waals surface area (Å²) in [4.78, 5) is 25.5. The largest absolute Gasteiger partial charge is 0.489 e. The molecule has 4 rings (SSSR count). The predicted octanol–water partition coefficient (Wildman–Crippen LogP) is 3.80. The lowest BCUT2D eigenvalue weighted by Gasteiger charge is -2.16. The number of anilines is 1. The van der Waals surface area contributed by atoms with E-state index >= 15 is 0 Å². The van der Waals surface area contributed by atoms with Crippen LogP contribution in [0.25, 0.3) is 5.69 Å². The van der Waals surface area contributed by atoms with Gasteiger partial charge in [-0.15, -0.1) is 0 Å². The topological polar surface area (TPSA) is 82.5 Å². The molecule has 1 N–H and O–H groups in total. The number of ether oxygens (including phenoxy) is 2. The Labute approximate surface area is 184 Å². The van der Waals surface area contributed by atoms with E-state index in [9.17, 15) is 14.0 Å². The number of carbonyl (C=O) groups is 1. The van der Waals surface area contributed by atoms with Crippen LogP contribution in [0.1, 0.15) is 34.6 Å². The lowest BCUT2D eigenvalue weighted by atomic mass is 10.2. The lowest BCUT2D eigenvalue weighted by molar-refractivity contribution is 0.0681. The lowest BCUT2D eigenvalue weighted by Crippen LogP contribution is -2.27. The quantitative estimate of drug-likeness (QED) is 0.634. The molecule has 1 aliphatic rings. The number of nitrogens with zero attached hydrogens (tertiary/aromatic N) is 2. The number of para-hydroxylation sites is 1. The highest BCUT2D eigenvalue weighted by Crippen LogP contribution is 2.27. The van der Waals surface area contributed by atoms with Crippen molar-refractivity contribution in [3.63, 3.8) is 0 Å². The summed E-state index contributed by atoms with van der Waals surface area (Å²) >= 11 is 0. The van der Waals surface area contributed by atoms with Gasteiger partial charge in [-0.2, -0.15) is 5.10 Å². The molecule has 1 atom stereocenters. The molecule has 0 radical (unpaired) electrons. The molecule has 1 aliphatic heterocycles. The minimum Gasteiger partial charge on any atom is -0.489 e. The van der Waals surface area contributed by atoms with Gasteiger partial charge in [0, 0.05) is 18.4 Å². The Morgan fingerprint density at radius 1 is 1.25 bits per heavy atom. The van der Waals surface area contributed by atoms with E-state index in [2.05, 4.69) is 10.4 Å². The summed E-state index contributed by atoms with van der Waals surface area (Å²) in [6.45, 7) is 4.63. The highest BCUT2D eigenvalue weighted by molar-refractivity contribution is 6.03. The maximum Gasteiger partial charge on any atom is 0.280 e. The molecule has 2 heterocycles. The summed E-state index contributed by atoms with van der Waals surface area (Å²) in [6.07, 6.45) is 1.95. The Bertz CT molecular complexity index is 1200. The van der Waals surface area contributed by atoms with Gasteiger partial charge in [-0.1, -0.05) is 18.2 Å². The minimum absolute atomic E-state index is 0.0193. The smallest absolute Gasteiger partial charge is 0.280 e. The molecule has 2 aromatic carbocycles. The Balaban J connectivity index is 1.61. The second-order valence-corrected chi connectivity index (χ2v) is 7.76. The van der Waals surface area contributed by atoms with Gasteiger partial charge < -0.3 is 14.8 Å². The third-order valence-electron chi connectivity index (χ3n) is 5.24. The molecule has 1 unspecified atom stereocenters. The van der Waals surface area contributed by atoms with E-state index in [1.54, 1.807) is 25.1 Å². The van der Waals surface area contributed by atoms with Crippen molar-refractivity contribution in [3.05, 3.63) is 81.5 Å². The first kappa shape index (κ1) is 21.7. The zero-order valence-electron chi connectivity index (χ0n) is 17.9. The summed E-state index contributed by atoms with van der Waals surface area (Å²) in [7, 11) is 0. The van der Waals surface area contributed by atoms with E-state index in [-0.39, 0.29) is 17.5 Å². The van der Waals surface area contributed by atoms with Crippen molar-refractivity contribution in [2.75, 3.05) is 18.5 Å². The third kappa shape index (κ3) is 4.70. The van der Waals surface area contributed by atoms with Gasteiger partial charge in [-0.3, -0.25) is 9.59 Å². The van der Waals surface area contributed by atoms with Crippen molar-refractivity contribution >= 4 is 11.6 Å². The maximum atomic E-state index is 14.3. The Kier molecular flexibility index (Phi) is 6.32. The number of halogens is 1. The molecule has 7 nitrogen and oxygen atoms in total. The number of benzene rings is 2. The van der Waals surface area contributed by atoms with Gasteiger partial charge in [0.05, 0.1) is 11.8 Å². The number of hydrogen-bond acceptors (Lipinski definition) is 5. The zero-order valence-corrected chi connectivity index (χ0v) is 17.9. The molecular weight excluding hydrogens is 413 g/mol. The van der Waals surface area contributed by atoms with Crippen LogP contribution in [0.2, 0.25) is 0 Å². The van der Waals surface area contributed by atoms with E-state index in [4.69, 9.17) is 9.47 Å². The molecule has 0 saturated carbocycles. The van der Waals surface area contributed by atoms with Gasteiger partial charge in [-0.25, -0.2) is 9.07 Å². The average molecular weight is 437 g/mol. The number of carbonyl (C=O) groups excluding carboxylic acids is 1. The molecule has 0 aliphatic carbocycles. The molecule has 1 saturated heterocycles. The van der Waals surface area contributed by atoms with Crippen molar-refractivity contribution in [3.8, 4) is 11.4 Å². The van der Waals surface area contributed by atoms with Gasteiger partial charge in [0.2, 0.25) is 5.43 Å². The molecule has 166 valence electrons. The van der Waals surface area contributed by atoms with Crippen molar-refractivity contribution < 1.29 is 18.7 Å². The van der Waals surface area contributed by atoms with Crippen LogP contribution in [0.5, 0.6) is 5.75 Å². The first-order valence-electron chi connectivity index (χ1n) is 10.4. The Morgan fingerprint density at radius 3 is 2.81 bits per heavy atom. The minimum atomic E-state index is -0.703. The van der Waals surface area contributed by atoms with Gasteiger partial charge in [0.1, 0.15) is 23.9 Å². The fraction of sp³-hybridized carbons (Fsp3) is 0.292. The van der Waals surface area contributed by atoms with E-state index in [0.717, 1.165) is 25.0 Å². The summed E-state index contributed by atoms with van der Waals surface area (Å²) in [5, 5.41) is 6.86. The van der Waals surface area contributed by atoms with Crippen LogP contribution in [0.3, 0.4) is 0 Å². The Morgan fingerprint density at radius 2 is 2.06 bits per heavy atom. The fourth-order valence-corrected chi connectivity index (χ4v) is 3.56. The van der Waals surface area contributed by atoms with Gasteiger partial charge >= 0.3 is 0 Å². The number of rotatable bonds is 6. The number of aromatic nitrogens is 2.